The minimum Gasteiger partial charge on any atom is -0.347 e. The smallest absolute Gasteiger partial charge is 0.0516 e. The van der Waals surface area contributed by atoms with Crippen molar-refractivity contribution in [2.24, 2.45) is 0 Å². The first kappa shape index (κ1) is 12.9. The molecular formula is C16H20BrN3. The van der Waals surface area contributed by atoms with E-state index in [0.29, 0.717) is 0 Å². The third kappa shape index (κ3) is 2.20. The topological polar surface area (TPSA) is 20.2 Å². The molecule has 1 N–H and O–H groups in total. The number of hydrogen-bond acceptors (Lipinski definition) is 2. The van der Waals surface area contributed by atoms with Crippen LogP contribution in [0.25, 0.3) is 10.9 Å². The van der Waals surface area contributed by atoms with E-state index >= 15 is 0 Å². The summed E-state index contributed by atoms with van der Waals surface area (Å²) < 4.78 is 3.69. The minimum atomic E-state index is 1.08. The number of benzene rings is 1. The average Bonchev–Trinajstić information content (AvgIpc) is 2.79. The van der Waals surface area contributed by atoms with Crippen LogP contribution in [0.3, 0.4) is 0 Å². The highest BCUT2D eigenvalue weighted by Gasteiger charge is 2.19. The van der Waals surface area contributed by atoms with Crippen LogP contribution in [0, 0.1) is 0 Å². The molecule has 3 heterocycles. The summed E-state index contributed by atoms with van der Waals surface area (Å²) in [7, 11) is 0. The van der Waals surface area contributed by atoms with Crippen molar-refractivity contribution in [3.8, 4) is 0 Å². The van der Waals surface area contributed by atoms with E-state index in [-0.39, 0.29) is 0 Å². The predicted octanol–water partition coefficient (Wildman–Crippen LogP) is 2.76. The molecule has 0 atom stereocenters. The molecule has 2 aliphatic heterocycles. The zero-order valence-electron chi connectivity index (χ0n) is 11.7. The summed E-state index contributed by atoms with van der Waals surface area (Å²) in [4.78, 5) is 2.56. The number of hydrogen-bond donors (Lipinski definition) is 1. The number of nitrogens with one attached hydrogen (secondary N) is 1. The maximum atomic E-state index is 3.68. The monoisotopic (exact) mass is 333 g/mol. The molecule has 3 nitrogen and oxygen atoms in total. The second-order valence-corrected chi connectivity index (χ2v) is 6.85. The molecule has 20 heavy (non-hydrogen) atoms. The lowest BCUT2D eigenvalue weighted by atomic mass is 10.0. The SMILES string of the molecule is Brc1cc2c3c(c1)c(CN1CCNCC1)cn3CCC2. The van der Waals surface area contributed by atoms with Gasteiger partial charge in [0.2, 0.25) is 0 Å². The highest BCUT2D eigenvalue weighted by atomic mass is 79.9. The van der Waals surface area contributed by atoms with Crippen LogP contribution < -0.4 is 5.32 Å². The Balaban J connectivity index is 1.76. The van der Waals surface area contributed by atoms with E-state index in [1.165, 1.54) is 45.9 Å². The molecule has 4 heteroatoms. The van der Waals surface area contributed by atoms with Crippen molar-refractivity contribution in [2.75, 3.05) is 26.2 Å². The zero-order valence-corrected chi connectivity index (χ0v) is 13.2. The van der Waals surface area contributed by atoms with Gasteiger partial charge in [0, 0.05) is 55.3 Å². The van der Waals surface area contributed by atoms with E-state index in [9.17, 15) is 0 Å². The average molecular weight is 334 g/mol. The fourth-order valence-electron chi connectivity index (χ4n) is 3.60. The van der Waals surface area contributed by atoms with E-state index in [0.717, 1.165) is 32.7 Å². The Bertz CT molecular complexity index is 641. The van der Waals surface area contributed by atoms with Crippen molar-refractivity contribution in [3.63, 3.8) is 0 Å². The van der Waals surface area contributed by atoms with Gasteiger partial charge in [-0.05, 0) is 36.1 Å². The van der Waals surface area contributed by atoms with E-state index in [1.54, 1.807) is 0 Å². The third-order valence-corrected chi connectivity index (χ3v) is 5.01. The fourth-order valence-corrected chi connectivity index (χ4v) is 4.11. The Morgan fingerprint density at radius 3 is 2.85 bits per heavy atom. The van der Waals surface area contributed by atoms with Crippen molar-refractivity contribution >= 4 is 26.8 Å². The first-order chi connectivity index (χ1) is 9.81. The standard InChI is InChI=1S/C16H20BrN3/c17-14-8-12-2-1-5-20-11-13(15(9-14)16(12)20)10-19-6-3-18-4-7-19/h8-9,11,18H,1-7,10H2. The number of halogens is 1. The van der Waals surface area contributed by atoms with E-state index in [2.05, 4.69) is 49.0 Å². The van der Waals surface area contributed by atoms with Crippen LogP contribution in [-0.4, -0.2) is 35.6 Å². The summed E-state index contributed by atoms with van der Waals surface area (Å²) in [5.41, 5.74) is 4.48. The number of piperazine rings is 1. The lowest BCUT2D eigenvalue weighted by molar-refractivity contribution is 0.234. The predicted molar refractivity (Wildman–Crippen MR) is 86.1 cm³/mol. The van der Waals surface area contributed by atoms with Gasteiger partial charge in [0.25, 0.3) is 0 Å². The summed E-state index contributed by atoms with van der Waals surface area (Å²) in [6.45, 7) is 6.82. The van der Waals surface area contributed by atoms with Gasteiger partial charge < -0.3 is 9.88 Å². The van der Waals surface area contributed by atoms with Gasteiger partial charge in [0.15, 0.2) is 0 Å². The molecule has 0 radical (unpaired) electrons. The van der Waals surface area contributed by atoms with Crippen LogP contribution in [0.5, 0.6) is 0 Å². The van der Waals surface area contributed by atoms with Gasteiger partial charge in [-0.3, -0.25) is 4.90 Å². The number of aryl methyl sites for hydroxylation is 2. The van der Waals surface area contributed by atoms with Crippen LogP contribution >= 0.6 is 15.9 Å². The van der Waals surface area contributed by atoms with Crippen molar-refractivity contribution in [2.45, 2.75) is 25.9 Å². The molecule has 1 aromatic carbocycles. The molecule has 4 rings (SSSR count). The molecule has 1 saturated heterocycles. The zero-order chi connectivity index (χ0) is 13.5. The number of aromatic nitrogens is 1. The third-order valence-electron chi connectivity index (χ3n) is 4.55. The fraction of sp³-hybridized carbons (Fsp3) is 0.500. The Morgan fingerprint density at radius 1 is 1.15 bits per heavy atom. The van der Waals surface area contributed by atoms with Gasteiger partial charge in [-0.15, -0.1) is 0 Å². The second kappa shape index (κ2) is 5.17. The van der Waals surface area contributed by atoms with Crippen LogP contribution in [0.15, 0.2) is 22.8 Å². The maximum absolute atomic E-state index is 3.68. The summed E-state index contributed by atoms with van der Waals surface area (Å²) in [5.74, 6) is 0. The Morgan fingerprint density at radius 2 is 2.00 bits per heavy atom. The number of rotatable bonds is 2. The molecule has 1 aromatic heterocycles. The first-order valence-corrected chi connectivity index (χ1v) is 8.34. The molecule has 0 unspecified atom stereocenters. The summed E-state index contributed by atoms with van der Waals surface area (Å²) >= 11 is 3.68. The van der Waals surface area contributed by atoms with E-state index < -0.39 is 0 Å². The van der Waals surface area contributed by atoms with E-state index in [1.807, 2.05) is 0 Å². The summed E-state index contributed by atoms with van der Waals surface area (Å²) in [6.07, 6.45) is 4.87. The lowest BCUT2D eigenvalue weighted by Crippen LogP contribution is -2.42. The van der Waals surface area contributed by atoms with Crippen LogP contribution in [0.2, 0.25) is 0 Å². The molecule has 0 amide bonds. The van der Waals surface area contributed by atoms with Gasteiger partial charge >= 0.3 is 0 Å². The molecule has 0 saturated carbocycles. The summed E-state index contributed by atoms with van der Waals surface area (Å²) in [6, 6.07) is 4.60. The normalized spacial score (nSPS) is 19.6. The van der Waals surface area contributed by atoms with Crippen molar-refractivity contribution < 1.29 is 0 Å². The quantitative estimate of drug-likeness (QED) is 0.911. The van der Waals surface area contributed by atoms with Gasteiger partial charge in [0.05, 0.1) is 5.52 Å². The first-order valence-electron chi connectivity index (χ1n) is 7.54. The molecular weight excluding hydrogens is 314 g/mol. The highest BCUT2D eigenvalue weighted by molar-refractivity contribution is 9.10. The molecule has 2 aliphatic rings. The largest absolute Gasteiger partial charge is 0.347 e. The minimum absolute atomic E-state index is 1.08. The molecule has 0 bridgehead atoms. The van der Waals surface area contributed by atoms with Gasteiger partial charge in [-0.25, -0.2) is 0 Å². The highest BCUT2D eigenvalue weighted by Crippen LogP contribution is 2.33. The molecule has 1 fully saturated rings. The summed E-state index contributed by atoms with van der Waals surface area (Å²) in [5, 5.41) is 4.88. The Hall–Kier alpha value is -0.840. The number of nitrogens with zero attached hydrogens (tertiary/aromatic N) is 2. The molecule has 2 aromatic rings. The van der Waals surface area contributed by atoms with Crippen molar-refractivity contribution in [1.29, 1.82) is 0 Å². The van der Waals surface area contributed by atoms with Gasteiger partial charge in [-0.1, -0.05) is 15.9 Å². The van der Waals surface area contributed by atoms with Gasteiger partial charge in [-0.2, -0.15) is 0 Å². The van der Waals surface area contributed by atoms with E-state index in [4.69, 9.17) is 0 Å². The lowest BCUT2D eigenvalue weighted by Gasteiger charge is -2.26. The maximum Gasteiger partial charge on any atom is 0.0516 e. The Kier molecular flexibility index (Phi) is 3.33. The van der Waals surface area contributed by atoms with Crippen LogP contribution in [-0.2, 0) is 19.5 Å². The van der Waals surface area contributed by atoms with Crippen molar-refractivity contribution in [3.05, 3.63) is 33.9 Å². The van der Waals surface area contributed by atoms with Crippen LogP contribution in [0.1, 0.15) is 17.5 Å². The molecule has 0 spiro atoms. The van der Waals surface area contributed by atoms with Crippen molar-refractivity contribution in [1.82, 2.24) is 14.8 Å². The van der Waals surface area contributed by atoms with Crippen LogP contribution in [0.4, 0.5) is 0 Å². The Labute approximate surface area is 128 Å². The van der Waals surface area contributed by atoms with Gasteiger partial charge in [0.1, 0.15) is 0 Å². The molecule has 0 aliphatic carbocycles. The second-order valence-electron chi connectivity index (χ2n) is 5.94. The molecule has 106 valence electrons.